The highest BCUT2D eigenvalue weighted by molar-refractivity contribution is 5.78. The molecule has 0 bridgehead atoms. The van der Waals surface area contributed by atoms with Gasteiger partial charge in [0.15, 0.2) is 0 Å². The van der Waals surface area contributed by atoms with Crippen LogP contribution in [0.15, 0.2) is 0 Å². The van der Waals surface area contributed by atoms with Gasteiger partial charge < -0.3 is 10.0 Å². The molecule has 0 atom stereocenters. The molecule has 1 amide bonds. The van der Waals surface area contributed by atoms with Crippen LogP contribution in [0.3, 0.4) is 0 Å². The van der Waals surface area contributed by atoms with Crippen LogP contribution >= 0.6 is 0 Å². The van der Waals surface area contributed by atoms with Crippen LogP contribution in [0.1, 0.15) is 38.5 Å². The summed E-state index contributed by atoms with van der Waals surface area (Å²) in [6.45, 7) is 3.03. The highest BCUT2D eigenvalue weighted by Crippen LogP contribution is 2.25. The Bertz CT molecular complexity index is 269. The van der Waals surface area contributed by atoms with Crippen molar-refractivity contribution < 1.29 is 9.90 Å². The molecule has 0 aromatic carbocycles. The summed E-state index contributed by atoms with van der Waals surface area (Å²) in [5, 5.41) is 9.43. The Morgan fingerprint density at radius 3 is 2.44 bits per heavy atom. The van der Waals surface area contributed by atoms with Gasteiger partial charge in [-0.2, -0.15) is 0 Å². The van der Waals surface area contributed by atoms with Crippen LogP contribution in [0.2, 0.25) is 0 Å². The van der Waals surface area contributed by atoms with Crippen molar-refractivity contribution in [1.82, 2.24) is 9.80 Å². The van der Waals surface area contributed by atoms with Crippen molar-refractivity contribution in [3.63, 3.8) is 0 Å². The Kier molecular flexibility index (Phi) is 5.01. The maximum Gasteiger partial charge on any atom is 0.236 e. The van der Waals surface area contributed by atoms with Crippen LogP contribution in [-0.4, -0.2) is 60.1 Å². The summed E-state index contributed by atoms with van der Waals surface area (Å²) < 4.78 is 0. The van der Waals surface area contributed by atoms with E-state index in [2.05, 4.69) is 11.9 Å². The van der Waals surface area contributed by atoms with Crippen LogP contribution in [0.5, 0.6) is 0 Å². The van der Waals surface area contributed by atoms with E-state index in [9.17, 15) is 9.90 Å². The Morgan fingerprint density at radius 2 is 1.83 bits per heavy atom. The van der Waals surface area contributed by atoms with Gasteiger partial charge in [0, 0.05) is 19.6 Å². The van der Waals surface area contributed by atoms with E-state index in [-0.39, 0.29) is 12.0 Å². The first-order chi connectivity index (χ1) is 8.65. The molecule has 4 heteroatoms. The summed E-state index contributed by atoms with van der Waals surface area (Å²) in [5.41, 5.74) is 0. The summed E-state index contributed by atoms with van der Waals surface area (Å²) in [6, 6.07) is 0. The number of likely N-dealkylation sites (N-methyl/N-ethyl adjacent to an activating group) is 1. The Hall–Kier alpha value is -0.610. The summed E-state index contributed by atoms with van der Waals surface area (Å²) in [6.07, 6.45) is 6.64. The maximum atomic E-state index is 12.1. The van der Waals surface area contributed by atoms with Gasteiger partial charge in [0.25, 0.3) is 0 Å². The van der Waals surface area contributed by atoms with Gasteiger partial charge in [-0.15, -0.1) is 0 Å². The predicted molar refractivity (Wildman–Crippen MR) is 71.3 cm³/mol. The van der Waals surface area contributed by atoms with Crippen LogP contribution < -0.4 is 0 Å². The van der Waals surface area contributed by atoms with Gasteiger partial charge in [-0.3, -0.25) is 9.69 Å². The fourth-order valence-corrected chi connectivity index (χ4v) is 3.14. The lowest BCUT2D eigenvalue weighted by Gasteiger charge is -2.31. The Morgan fingerprint density at radius 1 is 1.22 bits per heavy atom. The molecule has 1 aliphatic carbocycles. The molecule has 1 heterocycles. The molecule has 104 valence electrons. The van der Waals surface area contributed by atoms with Crippen LogP contribution in [0.4, 0.5) is 0 Å². The number of piperidine rings is 1. The van der Waals surface area contributed by atoms with Gasteiger partial charge >= 0.3 is 0 Å². The standard InChI is InChI=1S/C14H26N2O2/c1-15(10-12-4-2-3-5-12)11-14(18)16-8-6-13(17)7-9-16/h12-13,17H,2-11H2,1H3. The van der Waals surface area contributed by atoms with Crippen molar-refractivity contribution in [3.05, 3.63) is 0 Å². The molecule has 0 radical (unpaired) electrons. The lowest BCUT2D eigenvalue weighted by molar-refractivity contribution is -0.134. The fourth-order valence-electron chi connectivity index (χ4n) is 3.14. The zero-order chi connectivity index (χ0) is 13.0. The summed E-state index contributed by atoms with van der Waals surface area (Å²) in [4.78, 5) is 16.2. The zero-order valence-electron chi connectivity index (χ0n) is 11.5. The molecule has 4 nitrogen and oxygen atoms in total. The van der Waals surface area contributed by atoms with Crippen molar-refractivity contribution in [3.8, 4) is 0 Å². The molecule has 0 aromatic rings. The molecule has 1 N–H and O–H groups in total. The number of aliphatic hydroxyl groups excluding tert-OH is 1. The number of carbonyl (C=O) groups excluding carboxylic acids is 1. The second-order valence-electron chi connectivity index (χ2n) is 5.96. The quantitative estimate of drug-likeness (QED) is 0.817. The van der Waals surface area contributed by atoms with E-state index in [1.54, 1.807) is 0 Å². The Balaban J connectivity index is 1.69. The fraction of sp³-hybridized carbons (Fsp3) is 0.929. The number of rotatable bonds is 4. The lowest BCUT2D eigenvalue weighted by atomic mass is 10.1. The van der Waals surface area contributed by atoms with Crippen molar-refractivity contribution in [2.24, 2.45) is 5.92 Å². The van der Waals surface area contributed by atoms with E-state index >= 15 is 0 Å². The number of amides is 1. The topological polar surface area (TPSA) is 43.8 Å². The molecule has 2 aliphatic rings. The summed E-state index contributed by atoms with van der Waals surface area (Å²) in [5.74, 6) is 1.02. The van der Waals surface area contributed by atoms with Crippen LogP contribution in [0, 0.1) is 5.92 Å². The third-order valence-corrected chi connectivity index (χ3v) is 4.27. The molecule has 0 aromatic heterocycles. The second-order valence-corrected chi connectivity index (χ2v) is 5.96. The molecule has 18 heavy (non-hydrogen) atoms. The molecule has 1 aliphatic heterocycles. The molecule has 1 saturated carbocycles. The number of carbonyl (C=O) groups is 1. The molecular weight excluding hydrogens is 228 g/mol. The molecule has 1 saturated heterocycles. The minimum Gasteiger partial charge on any atom is -0.393 e. The molecule has 0 spiro atoms. The van der Waals surface area contributed by atoms with Crippen molar-refractivity contribution in [2.45, 2.75) is 44.6 Å². The maximum absolute atomic E-state index is 12.1. The average Bonchev–Trinajstić information content (AvgIpc) is 2.82. The largest absolute Gasteiger partial charge is 0.393 e. The van der Waals surface area contributed by atoms with Gasteiger partial charge in [0.1, 0.15) is 0 Å². The van der Waals surface area contributed by atoms with Gasteiger partial charge in [-0.1, -0.05) is 12.8 Å². The third kappa shape index (κ3) is 3.95. The van der Waals surface area contributed by atoms with E-state index in [1.165, 1.54) is 25.7 Å². The minimum atomic E-state index is -0.203. The summed E-state index contributed by atoms with van der Waals surface area (Å²) >= 11 is 0. The van der Waals surface area contributed by atoms with E-state index < -0.39 is 0 Å². The highest BCUT2D eigenvalue weighted by atomic mass is 16.3. The van der Waals surface area contributed by atoms with E-state index in [1.807, 2.05) is 4.90 Å². The molecular formula is C14H26N2O2. The third-order valence-electron chi connectivity index (χ3n) is 4.27. The minimum absolute atomic E-state index is 0.203. The van der Waals surface area contributed by atoms with Gasteiger partial charge in [-0.05, 0) is 38.6 Å². The first kappa shape index (κ1) is 13.8. The van der Waals surface area contributed by atoms with E-state index in [4.69, 9.17) is 0 Å². The van der Waals surface area contributed by atoms with E-state index in [0.29, 0.717) is 6.54 Å². The number of likely N-dealkylation sites (tertiary alicyclic amines) is 1. The molecule has 2 fully saturated rings. The van der Waals surface area contributed by atoms with Gasteiger partial charge in [0.2, 0.25) is 5.91 Å². The Labute approximate surface area is 110 Å². The van der Waals surface area contributed by atoms with Crippen molar-refractivity contribution >= 4 is 5.91 Å². The zero-order valence-corrected chi connectivity index (χ0v) is 11.5. The monoisotopic (exact) mass is 254 g/mol. The average molecular weight is 254 g/mol. The second kappa shape index (κ2) is 6.53. The van der Waals surface area contributed by atoms with Gasteiger partial charge in [-0.25, -0.2) is 0 Å². The highest BCUT2D eigenvalue weighted by Gasteiger charge is 2.23. The first-order valence-electron chi connectivity index (χ1n) is 7.29. The summed E-state index contributed by atoms with van der Waals surface area (Å²) in [7, 11) is 2.05. The first-order valence-corrected chi connectivity index (χ1v) is 7.29. The normalized spacial score (nSPS) is 22.9. The van der Waals surface area contributed by atoms with Crippen molar-refractivity contribution in [2.75, 3.05) is 33.2 Å². The number of nitrogens with zero attached hydrogens (tertiary/aromatic N) is 2. The lowest BCUT2D eigenvalue weighted by Crippen LogP contribution is -2.45. The van der Waals surface area contributed by atoms with E-state index in [0.717, 1.165) is 38.4 Å². The number of hydrogen-bond donors (Lipinski definition) is 1. The smallest absolute Gasteiger partial charge is 0.236 e. The number of aliphatic hydroxyl groups is 1. The number of hydrogen-bond acceptors (Lipinski definition) is 3. The molecule has 2 rings (SSSR count). The van der Waals surface area contributed by atoms with Crippen molar-refractivity contribution in [1.29, 1.82) is 0 Å². The predicted octanol–water partition coefficient (Wildman–Crippen LogP) is 1.09. The SMILES string of the molecule is CN(CC(=O)N1CCC(O)CC1)CC1CCCC1. The molecule has 0 unspecified atom stereocenters. The van der Waals surface area contributed by atoms with Crippen LogP contribution in [-0.2, 0) is 4.79 Å². The van der Waals surface area contributed by atoms with Crippen LogP contribution in [0.25, 0.3) is 0 Å². The van der Waals surface area contributed by atoms with Gasteiger partial charge in [0.05, 0.1) is 12.6 Å².